The van der Waals surface area contributed by atoms with Gasteiger partial charge in [-0.2, -0.15) is 0 Å². The molecular weight excluding hydrogens is 222 g/mol. The number of carbonyl (C=O) groups excluding carboxylic acids is 1. The second-order valence-electron chi connectivity index (χ2n) is 5.08. The third-order valence-corrected chi connectivity index (χ3v) is 3.65. The average molecular weight is 239 g/mol. The molecule has 1 aliphatic heterocycles. The zero-order valence-electron chi connectivity index (χ0n) is 10.4. The van der Waals surface area contributed by atoms with Gasteiger partial charge in [0, 0.05) is 12.8 Å². The molecule has 0 amide bonds. The lowest BCUT2D eigenvalue weighted by molar-refractivity contribution is -0.119. The fourth-order valence-electron chi connectivity index (χ4n) is 2.55. The largest absolute Gasteiger partial charge is 0.316 e. The maximum atomic E-state index is 12.0. The normalized spacial score (nSPS) is 15.6. The molecule has 0 aromatic heterocycles. The van der Waals surface area contributed by atoms with Crippen LogP contribution in [0.1, 0.15) is 12.0 Å². The molecule has 0 spiro atoms. The topological polar surface area (TPSA) is 29.1 Å². The van der Waals surface area contributed by atoms with Crippen molar-refractivity contribution in [3.63, 3.8) is 0 Å². The summed E-state index contributed by atoms with van der Waals surface area (Å²) in [5.74, 6) is 0.922. The molecule has 2 aromatic carbocycles. The molecule has 0 radical (unpaired) electrons. The second kappa shape index (κ2) is 4.91. The molecule has 2 nitrogen and oxygen atoms in total. The van der Waals surface area contributed by atoms with Crippen LogP contribution in [0.15, 0.2) is 42.5 Å². The van der Waals surface area contributed by atoms with Crippen LogP contribution in [0.25, 0.3) is 10.8 Å². The molecule has 0 unspecified atom stereocenters. The van der Waals surface area contributed by atoms with Crippen molar-refractivity contribution in [2.75, 3.05) is 13.1 Å². The molecule has 1 saturated heterocycles. The van der Waals surface area contributed by atoms with E-state index in [1.165, 1.54) is 10.8 Å². The molecular formula is C16H17NO. The van der Waals surface area contributed by atoms with Crippen molar-refractivity contribution in [3.05, 3.63) is 48.0 Å². The molecule has 0 aliphatic carbocycles. The molecule has 1 aliphatic rings. The lowest BCUT2D eigenvalue weighted by Gasteiger charge is -2.26. The van der Waals surface area contributed by atoms with E-state index >= 15 is 0 Å². The van der Waals surface area contributed by atoms with Crippen molar-refractivity contribution in [2.45, 2.75) is 12.8 Å². The Morgan fingerprint density at radius 1 is 1.11 bits per heavy atom. The first-order valence-corrected chi connectivity index (χ1v) is 6.52. The summed E-state index contributed by atoms with van der Waals surface area (Å²) in [4.78, 5) is 12.0. The predicted molar refractivity (Wildman–Crippen MR) is 73.6 cm³/mol. The minimum atomic E-state index is 0.359. The third kappa shape index (κ3) is 2.29. The highest BCUT2D eigenvalue weighted by molar-refractivity contribution is 5.90. The van der Waals surface area contributed by atoms with Gasteiger partial charge < -0.3 is 5.32 Å². The van der Waals surface area contributed by atoms with Gasteiger partial charge in [-0.1, -0.05) is 42.5 Å². The maximum Gasteiger partial charge on any atom is 0.137 e. The first-order valence-electron chi connectivity index (χ1n) is 6.52. The van der Waals surface area contributed by atoms with Gasteiger partial charge in [0.05, 0.1) is 0 Å². The van der Waals surface area contributed by atoms with Crippen molar-refractivity contribution >= 4 is 16.6 Å². The lowest BCUT2D eigenvalue weighted by atomic mass is 9.92. The Labute approximate surface area is 107 Å². The summed E-state index contributed by atoms with van der Waals surface area (Å²) in [7, 11) is 0. The summed E-state index contributed by atoms with van der Waals surface area (Å²) in [6.45, 7) is 2.00. The summed E-state index contributed by atoms with van der Waals surface area (Å²) in [5.41, 5.74) is 1.16. The Balaban J connectivity index is 1.79. The fraction of sp³-hybridized carbons (Fsp3) is 0.312. The van der Waals surface area contributed by atoms with Crippen molar-refractivity contribution < 1.29 is 4.79 Å². The van der Waals surface area contributed by atoms with Gasteiger partial charge >= 0.3 is 0 Å². The summed E-state index contributed by atoms with van der Waals surface area (Å²) in [6.07, 6.45) is 1.29. The van der Waals surface area contributed by atoms with Crippen LogP contribution in [0.3, 0.4) is 0 Å². The molecule has 0 bridgehead atoms. The van der Waals surface area contributed by atoms with E-state index in [2.05, 4.69) is 29.6 Å². The Morgan fingerprint density at radius 3 is 2.67 bits per heavy atom. The van der Waals surface area contributed by atoms with Crippen LogP contribution in [0.4, 0.5) is 0 Å². The average Bonchev–Trinajstić information content (AvgIpc) is 2.34. The smallest absolute Gasteiger partial charge is 0.137 e. The number of fused-ring (bicyclic) bond motifs is 1. The van der Waals surface area contributed by atoms with Crippen molar-refractivity contribution in [3.8, 4) is 0 Å². The first kappa shape index (κ1) is 11.4. The van der Waals surface area contributed by atoms with Gasteiger partial charge in [-0.05, 0) is 35.3 Å². The number of ketones is 1. The van der Waals surface area contributed by atoms with Crippen LogP contribution in [0, 0.1) is 5.92 Å². The van der Waals surface area contributed by atoms with Gasteiger partial charge in [0.25, 0.3) is 0 Å². The van der Waals surface area contributed by atoms with Crippen molar-refractivity contribution in [2.24, 2.45) is 5.92 Å². The Hall–Kier alpha value is -1.67. The molecule has 2 aromatic rings. The van der Waals surface area contributed by atoms with Gasteiger partial charge in [-0.15, -0.1) is 0 Å². The summed E-state index contributed by atoms with van der Waals surface area (Å²) in [5, 5.41) is 5.63. The van der Waals surface area contributed by atoms with Crippen molar-refractivity contribution in [1.82, 2.24) is 5.32 Å². The molecule has 2 heteroatoms. The molecule has 3 rings (SSSR count). The summed E-state index contributed by atoms with van der Waals surface area (Å²) < 4.78 is 0. The Bertz CT molecular complexity index is 567. The van der Waals surface area contributed by atoms with Crippen LogP contribution in [0.5, 0.6) is 0 Å². The standard InChI is InChI=1S/C16H17NO/c18-15(8-12-10-17-11-12)9-14-6-3-5-13-4-1-2-7-16(13)14/h1-7,12,17H,8-11H2. The van der Waals surface area contributed by atoms with Crippen molar-refractivity contribution in [1.29, 1.82) is 0 Å². The number of nitrogens with one attached hydrogen (secondary N) is 1. The predicted octanol–water partition coefficient (Wildman–Crippen LogP) is 2.56. The second-order valence-corrected chi connectivity index (χ2v) is 5.08. The van der Waals surface area contributed by atoms with E-state index in [-0.39, 0.29) is 0 Å². The molecule has 18 heavy (non-hydrogen) atoms. The van der Waals surface area contributed by atoms with E-state index in [9.17, 15) is 4.79 Å². The molecule has 1 heterocycles. The number of Topliss-reactive ketones (excluding diaryl/α,β-unsaturated/α-hetero) is 1. The monoisotopic (exact) mass is 239 g/mol. The quantitative estimate of drug-likeness (QED) is 0.888. The van der Waals surface area contributed by atoms with E-state index in [1.807, 2.05) is 18.2 Å². The summed E-state index contributed by atoms with van der Waals surface area (Å²) >= 11 is 0. The van der Waals surface area contributed by atoms with Gasteiger partial charge in [0.2, 0.25) is 0 Å². The number of carbonyl (C=O) groups is 1. The van der Waals surface area contributed by atoms with E-state index in [0.29, 0.717) is 18.1 Å². The molecule has 0 saturated carbocycles. The number of hydrogen-bond acceptors (Lipinski definition) is 2. The van der Waals surface area contributed by atoms with Crippen LogP contribution in [0.2, 0.25) is 0 Å². The van der Waals surface area contributed by atoms with Crippen LogP contribution in [-0.4, -0.2) is 18.9 Å². The van der Waals surface area contributed by atoms with Gasteiger partial charge in [0.15, 0.2) is 0 Å². The molecule has 92 valence electrons. The Kier molecular flexibility index (Phi) is 3.11. The minimum absolute atomic E-state index is 0.359. The molecule has 1 N–H and O–H groups in total. The first-order chi connectivity index (χ1) is 8.83. The molecule has 1 fully saturated rings. The fourth-order valence-corrected chi connectivity index (χ4v) is 2.55. The van der Waals surface area contributed by atoms with Gasteiger partial charge in [0.1, 0.15) is 5.78 Å². The SMILES string of the molecule is O=C(Cc1cccc2ccccc12)CC1CNC1. The minimum Gasteiger partial charge on any atom is -0.316 e. The highest BCUT2D eigenvalue weighted by Crippen LogP contribution is 2.20. The van der Waals surface area contributed by atoms with Gasteiger partial charge in [-0.25, -0.2) is 0 Å². The zero-order chi connectivity index (χ0) is 12.4. The summed E-state index contributed by atoms with van der Waals surface area (Å²) in [6, 6.07) is 14.5. The number of rotatable bonds is 4. The van der Waals surface area contributed by atoms with E-state index in [4.69, 9.17) is 0 Å². The van der Waals surface area contributed by atoms with Crippen LogP contribution in [-0.2, 0) is 11.2 Å². The van der Waals surface area contributed by atoms with Crippen LogP contribution >= 0.6 is 0 Å². The van der Waals surface area contributed by atoms with E-state index in [0.717, 1.165) is 25.1 Å². The lowest BCUT2D eigenvalue weighted by Crippen LogP contribution is -2.43. The number of benzene rings is 2. The zero-order valence-corrected chi connectivity index (χ0v) is 10.4. The number of hydrogen-bond donors (Lipinski definition) is 1. The van der Waals surface area contributed by atoms with Crippen LogP contribution < -0.4 is 5.32 Å². The maximum absolute atomic E-state index is 12.0. The Morgan fingerprint density at radius 2 is 1.89 bits per heavy atom. The van der Waals surface area contributed by atoms with E-state index in [1.54, 1.807) is 0 Å². The molecule has 0 atom stereocenters. The third-order valence-electron chi connectivity index (χ3n) is 3.65. The highest BCUT2D eigenvalue weighted by atomic mass is 16.1. The highest BCUT2D eigenvalue weighted by Gasteiger charge is 2.20. The van der Waals surface area contributed by atoms with E-state index < -0.39 is 0 Å². The van der Waals surface area contributed by atoms with Gasteiger partial charge in [-0.3, -0.25) is 4.79 Å².